The summed E-state index contributed by atoms with van der Waals surface area (Å²) in [4.78, 5) is 26.8. The van der Waals surface area contributed by atoms with E-state index in [1.54, 1.807) is 23.1 Å². The van der Waals surface area contributed by atoms with Crippen molar-refractivity contribution in [1.82, 2.24) is 9.62 Å². The van der Waals surface area contributed by atoms with Crippen molar-refractivity contribution in [2.75, 3.05) is 10.8 Å². The lowest BCUT2D eigenvalue weighted by Crippen LogP contribution is -2.31. The van der Waals surface area contributed by atoms with Gasteiger partial charge in [0, 0.05) is 13.1 Å². The molecule has 4 aromatic carbocycles. The molecule has 1 aliphatic heterocycles. The molecule has 0 unspecified atom stereocenters. The van der Waals surface area contributed by atoms with Gasteiger partial charge >= 0.3 is 16.3 Å². The molecule has 1 N–H and O–H groups in total. The van der Waals surface area contributed by atoms with Gasteiger partial charge in [-0.2, -0.15) is 8.42 Å². The molecular formula is C31H29N3O6S. The zero-order valence-electron chi connectivity index (χ0n) is 22.2. The third-order valence-electron chi connectivity index (χ3n) is 6.40. The molecule has 1 aliphatic rings. The van der Waals surface area contributed by atoms with Gasteiger partial charge in [-0.3, -0.25) is 9.69 Å². The summed E-state index contributed by atoms with van der Waals surface area (Å²) in [5.74, 6) is -0.349. The van der Waals surface area contributed by atoms with E-state index >= 15 is 0 Å². The number of nitrogens with zero attached hydrogens (tertiary/aromatic N) is 2. The fraction of sp³-hybridized carbons (Fsp3) is 0.161. The molecule has 0 aromatic heterocycles. The zero-order chi connectivity index (χ0) is 28.7. The fourth-order valence-electron chi connectivity index (χ4n) is 4.39. The summed E-state index contributed by atoms with van der Waals surface area (Å²) in [7, 11) is -4.10. The van der Waals surface area contributed by atoms with Crippen molar-refractivity contribution >= 4 is 27.9 Å². The number of hydrogen-bond donors (Lipinski definition) is 1. The topological polar surface area (TPSA) is 105 Å². The first-order valence-electron chi connectivity index (χ1n) is 13.0. The van der Waals surface area contributed by atoms with Gasteiger partial charge in [0.15, 0.2) is 0 Å². The van der Waals surface area contributed by atoms with E-state index in [0.717, 1.165) is 21.0 Å². The van der Waals surface area contributed by atoms with E-state index in [0.29, 0.717) is 11.3 Å². The first-order valence-corrected chi connectivity index (χ1v) is 14.4. The maximum absolute atomic E-state index is 13.3. The second-order valence-electron chi connectivity index (χ2n) is 9.50. The third kappa shape index (κ3) is 7.23. The predicted molar refractivity (Wildman–Crippen MR) is 154 cm³/mol. The number of hydrogen-bond acceptors (Lipinski definition) is 6. The highest BCUT2D eigenvalue weighted by molar-refractivity contribution is 7.92. The molecule has 9 nitrogen and oxygen atoms in total. The minimum atomic E-state index is -4.10. The quantitative estimate of drug-likeness (QED) is 0.294. The third-order valence-corrected chi connectivity index (χ3v) is 7.79. The zero-order valence-corrected chi connectivity index (χ0v) is 23.0. The van der Waals surface area contributed by atoms with Crippen LogP contribution in [-0.4, -0.2) is 31.9 Å². The fourth-order valence-corrected chi connectivity index (χ4v) is 5.55. The van der Waals surface area contributed by atoms with Gasteiger partial charge in [-0.1, -0.05) is 97.1 Å². The molecule has 0 atom stereocenters. The van der Waals surface area contributed by atoms with E-state index in [2.05, 4.69) is 0 Å². The number of amides is 2. The Morgan fingerprint density at radius 3 is 1.90 bits per heavy atom. The normalized spacial score (nSPS) is 13.9. The van der Waals surface area contributed by atoms with Crippen molar-refractivity contribution in [3.63, 3.8) is 0 Å². The summed E-state index contributed by atoms with van der Waals surface area (Å²) in [5, 5.41) is 0. The van der Waals surface area contributed by atoms with Crippen LogP contribution in [0.5, 0.6) is 5.75 Å². The van der Waals surface area contributed by atoms with Crippen molar-refractivity contribution in [3.05, 3.63) is 131 Å². The molecule has 210 valence electrons. The van der Waals surface area contributed by atoms with Gasteiger partial charge in [0.05, 0.1) is 5.69 Å². The van der Waals surface area contributed by atoms with Crippen LogP contribution in [0.15, 0.2) is 109 Å². The summed E-state index contributed by atoms with van der Waals surface area (Å²) < 4.78 is 40.1. The average Bonchev–Trinajstić information content (AvgIpc) is 3.27. The van der Waals surface area contributed by atoms with Gasteiger partial charge in [-0.25, -0.2) is 13.8 Å². The predicted octanol–water partition coefficient (Wildman–Crippen LogP) is 4.79. The van der Waals surface area contributed by atoms with Gasteiger partial charge in [-0.15, -0.1) is 0 Å². The molecule has 1 saturated heterocycles. The standard InChI is InChI=1S/C31H29N3O6S/c35-30-21-34(41(37,38)32-30)28-18-27(16-17-29(28)39-22-25-12-6-2-7-13-25)20-33(19-24-10-4-1-5-11-24)31(36)40-23-26-14-8-3-9-15-26/h1-18H,19-23H2,(H,32,35). The molecule has 5 rings (SSSR count). The number of nitrogens with one attached hydrogen (secondary N) is 1. The minimum absolute atomic E-state index is 0.113. The molecule has 41 heavy (non-hydrogen) atoms. The van der Waals surface area contributed by atoms with E-state index in [4.69, 9.17) is 9.47 Å². The molecule has 4 aromatic rings. The van der Waals surface area contributed by atoms with Crippen molar-refractivity contribution in [1.29, 1.82) is 0 Å². The Bertz CT molecular complexity index is 1600. The average molecular weight is 572 g/mol. The Morgan fingerprint density at radius 1 is 0.756 bits per heavy atom. The molecular weight excluding hydrogens is 542 g/mol. The van der Waals surface area contributed by atoms with E-state index in [-0.39, 0.29) is 38.5 Å². The van der Waals surface area contributed by atoms with Gasteiger partial charge in [0.2, 0.25) is 0 Å². The van der Waals surface area contributed by atoms with Crippen LogP contribution in [0.25, 0.3) is 0 Å². The summed E-state index contributed by atoms with van der Waals surface area (Å²) in [6.07, 6.45) is -0.519. The highest BCUT2D eigenvalue weighted by Crippen LogP contribution is 2.34. The number of ether oxygens (including phenoxy) is 2. The lowest BCUT2D eigenvalue weighted by molar-refractivity contribution is -0.117. The van der Waals surface area contributed by atoms with E-state index in [1.165, 1.54) is 0 Å². The number of rotatable bonds is 10. The number of carbonyl (C=O) groups is 2. The van der Waals surface area contributed by atoms with Gasteiger partial charge < -0.3 is 9.47 Å². The molecule has 0 bridgehead atoms. The van der Waals surface area contributed by atoms with E-state index in [1.807, 2.05) is 95.7 Å². The van der Waals surface area contributed by atoms with Gasteiger partial charge in [-0.05, 0) is 34.4 Å². The Kier molecular flexibility index (Phi) is 8.50. The maximum atomic E-state index is 13.3. The van der Waals surface area contributed by atoms with Crippen LogP contribution in [-0.2, 0) is 46.0 Å². The summed E-state index contributed by atoms with van der Waals surface area (Å²) >= 11 is 0. The van der Waals surface area contributed by atoms with Crippen LogP contribution in [0.1, 0.15) is 22.3 Å². The molecule has 0 spiro atoms. The second-order valence-corrected chi connectivity index (χ2v) is 11.1. The summed E-state index contributed by atoms with van der Waals surface area (Å²) in [5.41, 5.74) is 3.50. The molecule has 2 amide bonds. The van der Waals surface area contributed by atoms with E-state index < -0.39 is 22.2 Å². The lowest BCUT2D eigenvalue weighted by Gasteiger charge is -2.24. The molecule has 0 saturated carbocycles. The van der Waals surface area contributed by atoms with Crippen molar-refractivity contribution in [2.45, 2.75) is 26.3 Å². The SMILES string of the molecule is O=C1CN(c2cc(CN(Cc3ccccc3)C(=O)OCc3ccccc3)ccc2OCc2ccccc2)S(=O)(=O)N1. The Balaban J connectivity index is 1.42. The van der Waals surface area contributed by atoms with Crippen LogP contribution in [0.2, 0.25) is 0 Å². The van der Waals surface area contributed by atoms with Crippen LogP contribution >= 0.6 is 0 Å². The largest absolute Gasteiger partial charge is 0.487 e. The van der Waals surface area contributed by atoms with Crippen molar-refractivity contribution < 1.29 is 27.5 Å². The summed E-state index contributed by atoms with van der Waals surface area (Å²) in [6, 6.07) is 33.4. The molecule has 0 aliphatic carbocycles. The molecule has 1 fully saturated rings. The second kappa shape index (κ2) is 12.6. The summed E-state index contributed by atoms with van der Waals surface area (Å²) in [6.45, 7) is 0.346. The first-order chi connectivity index (χ1) is 19.9. The Morgan fingerprint density at radius 2 is 1.32 bits per heavy atom. The molecule has 10 heteroatoms. The first kappa shape index (κ1) is 27.7. The van der Waals surface area contributed by atoms with Crippen molar-refractivity contribution in [2.24, 2.45) is 0 Å². The Labute approximate surface area is 239 Å². The number of carbonyl (C=O) groups excluding carboxylic acids is 2. The molecule has 1 heterocycles. The number of benzene rings is 4. The van der Waals surface area contributed by atoms with Crippen LogP contribution in [0.3, 0.4) is 0 Å². The lowest BCUT2D eigenvalue weighted by atomic mass is 10.1. The van der Waals surface area contributed by atoms with Crippen LogP contribution < -0.4 is 13.8 Å². The van der Waals surface area contributed by atoms with E-state index in [9.17, 15) is 18.0 Å². The van der Waals surface area contributed by atoms with Gasteiger partial charge in [0.25, 0.3) is 5.91 Å². The molecule has 0 radical (unpaired) electrons. The van der Waals surface area contributed by atoms with Gasteiger partial charge in [0.1, 0.15) is 25.5 Å². The van der Waals surface area contributed by atoms with Crippen LogP contribution in [0.4, 0.5) is 10.5 Å². The van der Waals surface area contributed by atoms with Crippen LogP contribution in [0, 0.1) is 0 Å². The maximum Gasteiger partial charge on any atom is 0.410 e. The number of anilines is 1. The highest BCUT2D eigenvalue weighted by Gasteiger charge is 2.36. The minimum Gasteiger partial charge on any atom is -0.487 e. The Hall–Kier alpha value is -4.83. The smallest absolute Gasteiger partial charge is 0.410 e. The highest BCUT2D eigenvalue weighted by atomic mass is 32.2. The van der Waals surface area contributed by atoms with Crippen molar-refractivity contribution in [3.8, 4) is 5.75 Å². The monoisotopic (exact) mass is 571 g/mol.